The van der Waals surface area contributed by atoms with Gasteiger partial charge in [0.15, 0.2) is 0 Å². The maximum Gasteiger partial charge on any atom is 0.335 e. The molecular formula is C29H26N2O5. The van der Waals surface area contributed by atoms with Gasteiger partial charge in [0.05, 0.1) is 11.3 Å². The fourth-order valence-corrected chi connectivity index (χ4v) is 3.92. The van der Waals surface area contributed by atoms with Crippen molar-refractivity contribution < 1.29 is 25.2 Å². The van der Waals surface area contributed by atoms with Crippen LogP contribution in [0.4, 0.5) is 22.7 Å². The van der Waals surface area contributed by atoms with Crippen molar-refractivity contribution in [1.82, 2.24) is 0 Å². The second kappa shape index (κ2) is 9.76. The Labute approximate surface area is 209 Å². The van der Waals surface area contributed by atoms with E-state index in [1.54, 1.807) is 42.3 Å². The molecule has 0 saturated heterocycles. The molecule has 0 spiro atoms. The molecule has 0 fully saturated rings. The van der Waals surface area contributed by atoms with Crippen LogP contribution in [0.1, 0.15) is 21.5 Å². The lowest BCUT2D eigenvalue weighted by Crippen LogP contribution is -2.11. The lowest BCUT2D eigenvalue weighted by molar-refractivity contribution is 0.0697. The van der Waals surface area contributed by atoms with Crippen molar-refractivity contribution in [3.8, 4) is 17.2 Å². The van der Waals surface area contributed by atoms with Crippen LogP contribution >= 0.6 is 0 Å². The van der Waals surface area contributed by atoms with Crippen LogP contribution in [0.15, 0.2) is 91.5 Å². The summed E-state index contributed by atoms with van der Waals surface area (Å²) in [7, 11) is 3.63. The molecule has 0 radical (unpaired) electrons. The Balaban J connectivity index is 1.65. The zero-order chi connectivity index (χ0) is 26.0. The highest BCUT2D eigenvalue weighted by atomic mass is 16.4. The van der Waals surface area contributed by atoms with E-state index < -0.39 is 5.97 Å². The molecule has 0 aliphatic heterocycles. The van der Waals surface area contributed by atoms with Crippen LogP contribution in [0.2, 0.25) is 0 Å². The molecule has 0 unspecified atom stereocenters. The number of hydrogen-bond acceptors (Lipinski definition) is 6. The molecule has 36 heavy (non-hydrogen) atoms. The van der Waals surface area contributed by atoms with Crippen molar-refractivity contribution in [3.63, 3.8) is 0 Å². The van der Waals surface area contributed by atoms with Crippen molar-refractivity contribution in [2.75, 3.05) is 23.9 Å². The van der Waals surface area contributed by atoms with Crippen LogP contribution in [0.3, 0.4) is 0 Å². The summed E-state index contributed by atoms with van der Waals surface area (Å²) in [6, 6.07) is 23.7. The smallest absolute Gasteiger partial charge is 0.335 e. The van der Waals surface area contributed by atoms with Gasteiger partial charge in [-0.25, -0.2) is 4.79 Å². The van der Waals surface area contributed by atoms with E-state index in [1.165, 1.54) is 18.2 Å². The summed E-state index contributed by atoms with van der Waals surface area (Å²) in [4.78, 5) is 15.5. The number of aromatic hydroxyl groups is 3. The summed E-state index contributed by atoms with van der Waals surface area (Å²) in [5.74, 6) is -1.09. The summed E-state index contributed by atoms with van der Waals surface area (Å²) < 4.78 is 0. The lowest BCUT2D eigenvalue weighted by atomic mass is 9.96. The molecular weight excluding hydrogens is 456 g/mol. The van der Waals surface area contributed by atoms with Gasteiger partial charge in [-0.05, 0) is 83.4 Å². The Morgan fingerprint density at radius 1 is 0.639 bits per heavy atom. The van der Waals surface area contributed by atoms with E-state index in [1.807, 2.05) is 48.3 Å². The number of phenols is 3. The van der Waals surface area contributed by atoms with Crippen molar-refractivity contribution in [1.29, 1.82) is 0 Å². The standard InChI is InChI=1S/C29H26N2O5/c1-18(19-4-6-22(7-5-19)30(2)23-8-10-25(32)11-9-23)20-14-21(29(35)36)16-24(15-20)31(3)27-13-12-26(33)17-28(27)34/h4-17,32-34H,1H2,2-3H3,(H,35,36). The average molecular weight is 483 g/mol. The number of carboxylic acids is 1. The molecule has 0 aromatic heterocycles. The van der Waals surface area contributed by atoms with Crippen molar-refractivity contribution in [2.45, 2.75) is 0 Å². The second-order valence-corrected chi connectivity index (χ2v) is 8.41. The lowest BCUT2D eigenvalue weighted by Gasteiger charge is -2.23. The van der Waals surface area contributed by atoms with Crippen molar-refractivity contribution >= 4 is 34.3 Å². The maximum atomic E-state index is 11.9. The number of benzene rings is 4. The van der Waals surface area contributed by atoms with E-state index in [0.717, 1.165) is 16.9 Å². The number of aromatic carboxylic acids is 1. The molecule has 0 bridgehead atoms. The van der Waals surface area contributed by atoms with E-state index in [2.05, 4.69) is 6.58 Å². The summed E-state index contributed by atoms with van der Waals surface area (Å²) in [6.07, 6.45) is 0. The number of anilines is 4. The van der Waals surface area contributed by atoms with Gasteiger partial charge in [-0.1, -0.05) is 18.7 Å². The molecule has 0 aliphatic carbocycles. The predicted octanol–water partition coefficient (Wildman–Crippen LogP) is 6.10. The van der Waals surface area contributed by atoms with Crippen LogP contribution in [-0.2, 0) is 0 Å². The molecule has 7 nitrogen and oxygen atoms in total. The average Bonchev–Trinajstić information content (AvgIpc) is 2.87. The molecule has 4 N–H and O–H groups in total. The Hall–Kier alpha value is -4.91. The van der Waals surface area contributed by atoms with E-state index in [9.17, 15) is 25.2 Å². The Morgan fingerprint density at radius 2 is 1.19 bits per heavy atom. The fourth-order valence-electron chi connectivity index (χ4n) is 3.92. The third-order valence-corrected chi connectivity index (χ3v) is 6.06. The summed E-state index contributed by atoms with van der Waals surface area (Å²) in [5.41, 5.74) is 4.96. The number of phenolic OH excluding ortho intramolecular Hbond substituents is 3. The fraction of sp³-hybridized carbons (Fsp3) is 0.0690. The Bertz CT molecular complexity index is 1430. The van der Waals surface area contributed by atoms with Gasteiger partial charge in [0.1, 0.15) is 17.2 Å². The SMILES string of the molecule is C=C(c1ccc(N(C)c2ccc(O)cc2)cc1)c1cc(C(=O)O)cc(N(C)c2ccc(O)cc2O)c1. The normalized spacial score (nSPS) is 10.6. The molecule has 182 valence electrons. The second-order valence-electron chi connectivity index (χ2n) is 8.41. The molecule has 4 aromatic carbocycles. The van der Waals surface area contributed by atoms with E-state index >= 15 is 0 Å². The highest BCUT2D eigenvalue weighted by molar-refractivity contribution is 5.92. The number of carboxylic acid groups (broad SMARTS) is 1. The Kier molecular flexibility index (Phi) is 6.56. The van der Waals surface area contributed by atoms with Crippen LogP contribution < -0.4 is 9.80 Å². The largest absolute Gasteiger partial charge is 0.508 e. The monoisotopic (exact) mass is 482 g/mol. The van der Waals surface area contributed by atoms with Crippen LogP contribution in [-0.4, -0.2) is 40.5 Å². The van der Waals surface area contributed by atoms with Gasteiger partial charge in [-0.15, -0.1) is 0 Å². The number of carbonyl (C=O) groups is 1. The van der Waals surface area contributed by atoms with E-state index in [4.69, 9.17) is 0 Å². The van der Waals surface area contributed by atoms with E-state index in [0.29, 0.717) is 22.5 Å². The van der Waals surface area contributed by atoms with Crippen molar-refractivity contribution in [2.24, 2.45) is 0 Å². The minimum absolute atomic E-state index is 0.0718. The van der Waals surface area contributed by atoms with Gasteiger partial charge in [-0.3, -0.25) is 0 Å². The van der Waals surface area contributed by atoms with Gasteiger partial charge in [0.2, 0.25) is 0 Å². The summed E-state index contributed by atoms with van der Waals surface area (Å²) in [6.45, 7) is 4.21. The third-order valence-electron chi connectivity index (χ3n) is 6.06. The Morgan fingerprint density at radius 3 is 1.78 bits per heavy atom. The van der Waals surface area contributed by atoms with Gasteiger partial charge in [-0.2, -0.15) is 0 Å². The van der Waals surface area contributed by atoms with Gasteiger partial charge in [0, 0.05) is 37.2 Å². The van der Waals surface area contributed by atoms with Crippen molar-refractivity contribution in [3.05, 3.63) is 108 Å². The first-order valence-electron chi connectivity index (χ1n) is 11.1. The third kappa shape index (κ3) is 4.95. The first-order chi connectivity index (χ1) is 17.1. The minimum atomic E-state index is -1.08. The van der Waals surface area contributed by atoms with Crippen LogP contribution in [0.5, 0.6) is 17.2 Å². The molecule has 4 rings (SSSR count). The van der Waals surface area contributed by atoms with Crippen LogP contribution in [0, 0.1) is 0 Å². The quantitative estimate of drug-likeness (QED) is 0.252. The highest BCUT2D eigenvalue weighted by Gasteiger charge is 2.16. The molecule has 0 amide bonds. The predicted molar refractivity (Wildman–Crippen MR) is 142 cm³/mol. The number of rotatable bonds is 7. The van der Waals surface area contributed by atoms with Gasteiger partial charge in [0.25, 0.3) is 0 Å². The van der Waals surface area contributed by atoms with E-state index in [-0.39, 0.29) is 22.8 Å². The van der Waals surface area contributed by atoms with Gasteiger partial charge < -0.3 is 30.2 Å². The molecule has 7 heteroatoms. The zero-order valence-corrected chi connectivity index (χ0v) is 19.9. The first kappa shape index (κ1) is 24.2. The molecule has 4 aromatic rings. The highest BCUT2D eigenvalue weighted by Crippen LogP contribution is 2.36. The maximum absolute atomic E-state index is 11.9. The molecule has 0 aliphatic rings. The molecule has 0 atom stereocenters. The number of hydrogen-bond donors (Lipinski definition) is 4. The summed E-state index contributed by atoms with van der Waals surface area (Å²) in [5, 5.41) is 39.1. The zero-order valence-electron chi connectivity index (χ0n) is 19.9. The number of nitrogens with zero attached hydrogens (tertiary/aromatic N) is 2. The minimum Gasteiger partial charge on any atom is -0.508 e. The van der Waals surface area contributed by atoms with Gasteiger partial charge >= 0.3 is 5.97 Å². The molecule has 0 saturated carbocycles. The topological polar surface area (TPSA) is 104 Å². The first-order valence-corrected chi connectivity index (χ1v) is 11.1. The summed E-state index contributed by atoms with van der Waals surface area (Å²) >= 11 is 0. The van der Waals surface area contributed by atoms with Crippen LogP contribution in [0.25, 0.3) is 5.57 Å². The molecule has 0 heterocycles.